The van der Waals surface area contributed by atoms with Crippen LogP contribution in [-0.2, 0) is 19.6 Å². The van der Waals surface area contributed by atoms with Crippen molar-refractivity contribution in [2.45, 2.75) is 4.90 Å². The summed E-state index contributed by atoms with van der Waals surface area (Å²) in [4.78, 5) is 11.3. The Kier molecular flexibility index (Phi) is 5.57. The number of halogens is 1. The van der Waals surface area contributed by atoms with Gasteiger partial charge in [-0.1, -0.05) is 40.2 Å². The van der Waals surface area contributed by atoms with Crippen LogP contribution in [0.2, 0.25) is 0 Å². The molecule has 0 aliphatic rings. The van der Waals surface area contributed by atoms with Gasteiger partial charge in [0.25, 0.3) is 10.0 Å². The molecular formula is C16H14BrNO4S. The van der Waals surface area contributed by atoms with E-state index in [1.165, 1.54) is 25.3 Å². The van der Waals surface area contributed by atoms with Gasteiger partial charge in [0, 0.05) is 16.2 Å². The van der Waals surface area contributed by atoms with Gasteiger partial charge in [-0.25, -0.2) is 13.2 Å². The standard InChI is InChI=1S/C16H14BrNO4S/c1-22-16(19)10-8-12-7-9-13(17)11-15(12)23(20,21)18-14-5-3-2-4-6-14/h2-11,18H,1H3/b10-8+. The zero-order valence-electron chi connectivity index (χ0n) is 12.2. The number of carbonyl (C=O) groups is 1. The Morgan fingerprint density at radius 2 is 1.87 bits per heavy atom. The fourth-order valence-corrected chi connectivity index (χ4v) is 3.62. The van der Waals surface area contributed by atoms with Crippen molar-refractivity contribution >= 4 is 43.7 Å². The Bertz CT molecular complexity index is 832. The van der Waals surface area contributed by atoms with Crippen molar-refractivity contribution in [3.63, 3.8) is 0 Å². The van der Waals surface area contributed by atoms with E-state index in [4.69, 9.17) is 0 Å². The van der Waals surface area contributed by atoms with Gasteiger partial charge in [0.05, 0.1) is 12.0 Å². The zero-order chi connectivity index (χ0) is 16.9. The summed E-state index contributed by atoms with van der Waals surface area (Å²) in [5.41, 5.74) is 0.831. The lowest BCUT2D eigenvalue weighted by Crippen LogP contribution is -2.14. The summed E-state index contributed by atoms with van der Waals surface area (Å²) in [6, 6.07) is 13.3. The van der Waals surface area contributed by atoms with Gasteiger partial charge in [-0.15, -0.1) is 0 Å². The molecule has 0 heterocycles. The normalized spacial score (nSPS) is 11.4. The molecule has 2 aromatic carbocycles. The first-order chi connectivity index (χ1) is 10.9. The summed E-state index contributed by atoms with van der Waals surface area (Å²) in [5, 5.41) is 0. The van der Waals surface area contributed by atoms with E-state index in [9.17, 15) is 13.2 Å². The molecule has 1 N–H and O–H groups in total. The van der Waals surface area contributed by atoms with Gasteiger partial charge < -0.3 is 4.74 Å². The molecule has 0 aliphatic heterocycles. The summed E-state index contributed by atoms with van der Waals surface area (Å²) < 4.78 is 32.8. The van der Waals surface area contributed by atoms with Crippen LogP contribution in [0, 0.1) is 0 Å². The number of esters is 1. The highest BCUT2D eigenvalue weighted by molar-refractivity contribution is 9.10. The largest absolute Gasteiger partial charge is 0.466 e. The Labute approximate surface area is 143 Å². The molecule has 0 bridgehead atoms. The lowest BCUT2D eigenvalue weighted by Gasteiger charge is -2.11. The minimum atomic E-state index is -3.80. The number of hydrogen-bond donors (Lipinski definition) is 1. The smallest absolute Gasteiger partial charge is 0.330 e. The SMILES string of the molecule is COC(=O)/C=C/c1ccc(Br)cc1S(=O)(=O)Nc1ccccc1. The van der Waals surface area contributed by atoms with Crippen LogP contribution in [0.4, 0.5) is 5.69 Å². The fraction of sp³-hybridized carbons (Fsp3) is 0.0625. The number of anilines is 1. The van der Waals surface area contributed by atoms with Crippen molar-refractivity contribution in [3.05, 3.63) is 64.6 Å². The van der Waals surface area contributed by atoms with E-state index in [0.29, 0.717) is 15.7 Å². The lowest BCUT2D eigenvalue weighted by atomic mass is 10.2. The third kappa shape index (κ3) is 4.67. The third-order valence-electron chi connectivity index (χ3n) is 2.89. The average molecular weight is 396 g/mol. The maximum Gasteiger partial charge on any atom is 0.330 e. The minimum absolute atomic E-state index is 0.0517. The molecule has 0 saturated carbocycles. The molecular weight excluding hydrogens is 382 g/mol. The van der Waals surface area contributed by atoms with Crippen LogP contribution in [0.15, 0.2) is 64.0 Å². The van der Waals surface area contributed by atoms with Crippen LogP contribution in [0.3, 0.4) is 0 Å². The molecule has 0 atom stereocenters. The maximum absolute atomic E-state index is 12.6. The minimum Gasteiger partial charge on any atom is -0.466 e. The summed E-state index contributed by atoms with van der Waals surface area (Å²) in [6.07, 6.45) is 2.57. The average Bonchev–Trinajstić information content (AvgIpc) is 2.53. The Hall–Kier alpha value is -2.12. The van der Waals surface area contributed by atoms with E-state index in [2.05, 4.69) is 25.4 Å². The van der Waals surface area contributed by atoms with Gasteiger partial charge in [0.1, 0.15) is 0 Å². The molecule has 0 unspecified atom stereocenters. The van der Waals surface area contributed by atoms with E-state index >= 15 is 0 Å². The predicted molar refractivity (Wildman–Crippen MR) is 92.4 cm³/mol. The highest BCUT2D eigenvalue weighted by atomic mass is 79.9. The number of rotatable bonds is 5. The van der Waals surface area contributed by atoms with Crippen molar-refractivity contribution in [1.29, 1.82) is 0 Å². The van der Waals surface area contributed by atoms with Crippen LogP contribution in [0.1, 0.15) is 5.56 Å². The topological polar surface area (TPSA) is 72.5 Å². The van der Waals surface area contributed by atoms with Crippen LogP contribution < -0.4 is 4.72 Å². The van der Waals surface area contributed by atoms with Crippen LogP contribution in [-0.4, -0.2) is 21.5 Å². The number of carbonyl (C=O) groups excluding carboxylic acids is 1. The third-order valence-corrected chi connectivity index (χ3v) is 4.82. The Morgan fingerprint density at radius 3 is 2.52 bits per heavy atom. The van der Waals surface area contributed by atoms with Gasteiger partial charge >= 0.3 is 5.97 Å². The summed E-state index contributed by atoms with van der Waals surface area (Å²) in [7, 11) is -2.55. The van der Waals surface area contributed by atoms with Crippen molar-refractivity contribution in [2.75, 3.05) is 11.8 Å². The van der Waals surface area contributed by atoms with Crippen LogP contribution >= 0.6 is 15.9 Å². The highest BCUT2D eigenvalue weighted by Crippen LogP contribution is 2.24. The second-order valence-electron chi connectivity index (χ2n) is 4.51. The van der Waals surface area contributed by atoms with E-state index < -0.39 is 16.0 Å². The van der Waals surface area contributed by atoms with Gasteiger partial charge in [-0.3, -0.25) is 4.72 Å². The first-order valence-electron chi connectivity index (χ1n) is 6.56. The summed E-state index contributed by atoms with van der Waals surface area (Å²) >= 11 is 3.26. The van der Waals surface area contributed by atoms with E-state index in [-0.39, 0.29) is 4.90 Å². The van der Waals surface area contributed by atoms with Crippen molar-refractivity contribution in [2.24, 2.45) is 0 Å². The molecule has 0 saturated heterocycles. The number of hydrogen-bond acceptors (Lipinski definition) is 4. The van der Waals surface area contributed by atoms with E-state index in [1.54, 1.807) is 42.5 Å². The van der Waals surface area contributed by atoms with Crippen molar-refractivity contribution in [1.82, 2.24) is 0 Å². The molecule has 5 nitrogen and oxygen atoms in total. The molecule has 0 aromatic heterocycles. The number of sulfonamides is 1. The maximum atomic E-state index is 12.6. The fourth-order valence-electron chi connectivity index (χ4n) is 1.82. The first kappa shape index (κ1) is 17.2. The summed E-state index contributed by atoms with van der Waals surface area (Å²) in [6.45, 7) is 0. The molecule has 23 heavy (non-hydrogen) atoms. The molecule has 0 radical (unpaired) electrons. The molecule has 7 heteroatoms. The van der Waals surface area contributed by atoms with E-state index in [1.807, 2.05) is 0 Å². The summed E-state index contributed by atoms with van der Waals surface area (Å²) in [5.74, 6) is -0.563. The van der Waals surface area contributed by atoms with Gasteiger partial charge in [-0.2, -0.15) is 0 Å². The Balaban J connectivity index is 2.42. The Morgan fingerprint density at radius 1 is 1.17 bits per heavy atom. The monoisotopic (exact) mass is 395 g/mol. The number of benzene rings is 2. The van der Waals surface area contributed by atoms with Gasteiger partial charge in [0.15, 0.2) is 0 Å². The molecule has 0 fully saturated rings. The van der Waals surface area contributed by atoms with Gasteiger partial charge in [-0.05, 0) is 35.9 Å². The number of para-hydroxylation sites is 1. The van der Waals surface area contributed by atoms with Crippen molar-refractivity contribution in [3.8, 4) is 0 Å². The predicted octanol–water partition coefficient (Wildman–Crippen LogP) is 3.44. The van der Waals surface area contributed by atoms with E-state index in [0.717, 1.165) is 0 Å². The molecule has 2 rings (SSSR count). The van der Waals surface area contributed by atoms with Crippen molar-refractivity contribution < 1.29 is 17.9 Å². The molecule has 120 valence electrons. The molecule has 0 amide bonds. The second kappa shape index (κ2) is 7.43. The second-order valence-corrected chi connectivity index (χ2v) is 7.08. The highest BCUT2D eigenvalue weighted by Gasteiger charge is 2.18. The number of methoxy groups -OCH3 is 1. The van der Waals surface area contributed by atoms with Gasteiger partial charge in [0.2, 0.25) is 0 Å². The molecule has 0 aliphatic carbocycles. The first-order valence-corrected chi connectivity index (χ1v) is 8.83. The van der Waals surface area contributed by atoms with Crippen LogP contribution in [0.25, 0.3) is 6.08 Å². The lowest BCUT2D eigenvalue weighted by molar-refractivity contribution is -0.134. The number of nitrogens with one attached hydrogen (secondary N) is 1. The molecule has 2 aromatic rings. The quantitative estimate of drug-likeness (QED) is 0.621. The molecule has 0 spiro atoms. The van der Waals surface area contributed by atoms with Crippen LogP contribution in [0.5, 0.6) is 0 Å². The zero-order valence-corrected chi connectivity index (χ0v) is 14.6. The number of ether oxygens (including phenoxy) is 1.